The van der Waals surface area contributed by atoms with Crippen LogP contribution in [0.5, 0.6) is 5.75 Å². The van der Waals surface area contributed by atoms with E-state index in [0.717, 1.165) is 6.08 Å². The van der Waals surface area contributed by atoms with E-state index in [1.807, 2.05) is 0 Å². The van der Waals surface area contributed by atoms with Gasteiger partial charge in [0.25, 0.3) is 0 Å². The van der Waals surface area contributed by atoms with E-state index in [-0.39, 0.29) is 11.3 Å². The smallest absolute Gasteiger partial charge is 0.347 e. The Morgan fingerprint density at radius 1 is 1.12 bits per heavy atom. The zero-order valence-electron chi connectivity index (χ0n) is 12.4. The Morgan fingerprint density at radius 2 is 1.75 bits per heavy atom. The van der Waals surface area contributed by atoms with Crippen LogP contribution >= 0.6 is 0 Å². The van der Waals surface area contributed by atoms with Gasteiger partial charge < -0.3 is 35.4 Å². The number of rotatable bonds is 8. The monoisotopic (exact) mass is 342 g/mol. The number of esters is 1. The van der Waals surface area contributed by atoms with E-state index < -0.39 is 43.0 Å². The number of para-hydroxylation sites is 1. The number of carbonyl (C=O) groups excluding carboxylic acids is 1. The zero-order chi connectivity index (χ0) is 18.3. The van der Waals surface area contributed by atoms with Crippen LogP contribution in [-0.2, 0) is 14.3 Å². The van der Waals surface area contributed by atoms with Gasteiger partial charge in [0.2, 0.25) is 6.10 Å². The molecule has 0 aromatic heterocycles. The van der Waals surface area contributed by atoms with Gasteiger partial charge in [-0.3, -0.25) is 0 Å². The molecule has 0 saturated carbocycles. The molecule has 0 unspecified atom stereocenters. The zero-order valence-corrected chi connectivity index (χ0v) is 12.4. The Kier molecular flexibility index (Phi) is 7.33. The fourth-order valence-electron chi connectivity index (χ4n) is 1.73. The molecule has 0 aliphatic heterocycles. The normalized spacial score (nSPS) is 16.3. The highest BCUT2D eigenvalue weighted by Gasteiger charge is 2.38. The first kappa shape index (κ1) is 19.6. The number of phenols is 1. The minimum Gasteiger partial charge on any atom is -0.507 e. The molecule has 24 heavy (non-hydrogen) atoms. The van der Waals surface area contributed by atoms with Crippen molar-refractivity contribution in [1.29, 1.82) is 0 Å². The molecule has 1 aromatic rings. The fourth-order valence-corrected chi connectivity index (χ4v) is 1.73. The number of carbonyl (C=O) groups is 2. The molecule has 0 fully saturated rings. The molecule has 4 atom stereocenters. The number of phenolic OH excluding ortho intramolecular Hbond substituents is 1. The van der Waals surface area contributed by atoms with Gasteiger partial charge in [0.15, 0.2) is 0 Å². The SMILES string of the molecule is O=C(C=Cc1ccccc1O)O[C@@H](C(=O)O)[C@@H](O)[C@H](O)[C@H](O)CO. The maximum absolute atomic E-state index is 11.7. The first-order chi connectivity index (χ1) is 11.3. The molecular weight excluding hydrogens is 324 g/mol. The largest absolute Gasteiger partial charge is 0.507 e. The second kappa shape index (κ2) is 8.99. The number of aliphatic hydroxyl groups excluding tert-OH is 4. The summed E-state index contributed by atoms with van der Waals surface area (Å²) in [5, 5.41) is 55.6. The molecule has 0 spiro atoms. The number of hydrogen-bond donors (Lipinski definition) is 6. The van der Waals surface area contributed by atoms with Gasteiger partial charge >= 0.3 is 11.9 Å². The van der Waals surface area contributed by atoms with Crippen LogP contribution in [0.3, 0.4) is 0 Å². The molecule has 9 nitrogen and oxygen atoms in total. The Hall–Kier alpha value is -2.46. The van der Waals surface area contributed by atoms with E-state index >= 15 is 0 Å². The van der Waals surface area contributed by atoms with Crippen molar-refractivity contribution < 1.29 is 45.0 Å². The predicted octanol–water partition coefficient (Wildman–Crippen LogP) is -1.52. The molecule has 0 saturated heterocycles. The minimum absolute atomic E-state index is 0.113. The minimum atomic E-state index is -2.16. The predicted molar refractivity (Wildman–Crippen MR) is 79.8 cm³/mol. The number of aliphatic carboxylic acids is 1. The van der Waals surface area contributed by atoms with Crippen LogP contribution in [0.4, 0.5) is 0 Å². The second-order valence-electron chi connectivity index (χ2n) is 4.82. The average Bonchev–Trinajstić information content (AvgIpc) is 2.56. The lowest BCUT2D eigenvalue weighted by Crippen LogP contribution is -2.50. The van der Waals surface area contributed by atoms with Crippen LogP contribution in [0, 0.1) is 0 Å². The Balaban J connectivity index is 2.80. The van der Waals surface area contributed by atoms with Gasteiger partial charge in [0.05, 0.1) is 6.61 Å². The highest BCUT2D eigenvalue weighted by atomic mass is 16.6. The quantitative estimate of drug-likeness (QED) is 0.243. The number of carboxylic acids is 1. The molecule has 132 valence electrons. The number of aromatic hydroxyl groups is 1. The van der Waals surface area contributed by atoms with Crippen molar-refractivity contribution >= 4 is 18.0 Å². The van der Waals surface area contributed by atoms with Crippen LogP contribution in [0.2, 0.25) is 0 Å². The standard InChI is InChI=1S/C15H18O9/c16-7-10(18)12(20)13(21)14(15(22)23)24-11(19)6-5-8-3-1-2-4-9(8)17/h1-6,10,12-14,16-18,20-21H,7H2,(H,22,23)/t10-,12-,13+,14-/m1/s1. The average molecular weight is 342 g/mol. The van der Waals surface area contributed by atoms with Crippen LogP contribution in [-0.4, -0.2) is 73.6 Å². The van der Waals surface area contributed by atoms with Crippen molar-refractivity contribution in [2.75, 3.05) is 6.61 Å². The van der Waals surface area contributed by atoms with E-state index in [1.54, 1.807) is 12.1 Å². The van der Waals surface area contributed by atoms with E-state index in [9.17, 15) is 30.0 Å². The van der Waals surface area contributed by atoms with Crippen LogP contribution < -0.4 is 0 Å². The third kappa shape index (κ3) is 5.32. The molecule has 0 amide bonds. The summed E-state index contributed by atoms with van der Waals surface area (Å²) in [6, 6.07) is 6.03. The highest BCUT2D eigenvalue weighted by molar-refractivity contribution is 5.89. The molecule has 6 N–H and O–H groups in total. The molecule has 9 heteroatoms. The maximum atomic E-state index is 11.7. The van der Waals surface area contributed by atoms with Crippen molar-refractivity contribution in [3.8, 4) is 5.75 Å². The third-order valence-corrected chi connectivity index (χ3v) is 3.06. The van der Waals surface area contributed by atoms with Gasteiger partial charge in [0.1, 0.15) is 24.1 Å². The van der Waals surface area contributed by atoms with Gasteiger partial charge in [-0.2, -0.15) is 0 Å². The summed E-state index contributed by atoms with van der Waals surface area (Å²) in [7, 11) is 0. The first-order valence-electron chi connectivity index (χ1n) is 6.82. The lowest BCUT2D eigenvalue weighted by molar-refractivity contribution is -0.179. The Labute approximate surface area is 136 Å². The second-order valence-corrected chi connectivity index (χ2v) is 4.82. The van der Waals surface area contributed by atoms with Crippen LogP contribution in [0.25, 0.3) is 6.08 Å². The van der Waals surface area contributed by atoms with Crippen molar-refractivity contribution in [2.24, 2.45) is 0 Å². The summed E-state index contributed by atoms with van der Waals surface area (Å²) in [4.78, 5) is 22.7. The van der Waals surface area contributed by atoms with E-state index in [2.05, 4.69) is 4.74 Å². The van der Waals surface area contributed by atoms with Gasteiger partial charge in [0, 0.05) is 11.6 Å². The summed E-state index contributed by atoms with van der Waals surface area (Å²) < 4.78 is 4.54. The van der Waals surface area contributed by atoms with Crippen molar-refractivity contribution in [1.82, 2.24) is 0 Å². The van der Waals surface area contributed by atoms with Crippen molar-refractivity contribution in [3.63, 3.8) is 0 Å². The summed E-state index contributed by atoms with van der Waals surface area (Å²) in [6.07, 6.45) is -6.17. The Bertz CT molecular complexity index is 598. The van der Waals surface area contributed by atoms with Crippen LogP contribution in [0.15, 0.2) is 30.3 Å². The first-order valence-corrected chi connectivity index (χ1v) is 6.82. The molecule has 0 aliphatic carbocycles. The van der Waals surface area contributed by atoms with Crippen molar-refractivity contribution in [2.45, 2.75) is 24.4 Å². The van der Waals surface area contributed by atoms with Gasteiger partial charge in [-0.15, -0.1) is 0 Å². The lowest BCUT2D eigenvalue weighted by Gasteiger charge is -2.25. The summed E-state index contributed by atoms with van der Waals surface area (Å²) in [6.45, 7) is -0.925. The number of hydrogen-bond acceptors (Lipinski definition) is 8. The summed E-state index contributed by atoms with van der Waals surface area (Å²) >= 11 is 0. The summed E-state index contributed by atoms with van der Waals surface area (Å²) in [5.74, 6) is -3.02. The maximum Gasteiger partial charge on any atom is 0.347 e. The molecule has 1 aromatic carbocycles. The van der Waals surface area contributed by atoms with E-state index in [0.29, 0.717) is 0 Å². The molecule has 0 bridgehead atoms. The third-order valence-electron chi connectivity index (χ3n) is 3.06. The van der Waals surface area contributed by atoms with E-state index in [4.69, 9.17) is 10.2 Å². The number of aliphatic hydroxyl groups is 4. The van der Waals surface area contributed by atoms with E-state index in [1.165, 1.54) is 18.2 Å². The van der Waals surface area contributed by atoms with Crippen LogP contribution in [0.1, 0.15) is 5.56 Å². The lowest BCUT2D eigenvalue weighted by atomic mass is 10.0. The van der Waals surface area contributed by atoms with Gasteiger partial charge in [-0.25, -0.2) is 9.59 Å². The molecule has 0 radical (unpaired) electrons. The number of ether oxygens (including phenoxy) is 1. The topological polar surface area (TPSA) is 165 Å². The number of benzene rings is 1. The number of carboxylic acid groups (broad SMARTS) is 1. The fraction of sp³-hybridized carbons (Fsp3) is 0.333. The molecular formula is C15H18O9. The summed E-state index contributed by atoms with van der Waals surface area (Å²) in [5.41, 5.74) is 0.276. The Morgan fingerprint density at radius 3 is 2.29 bits per heavy atom. The van der Waals surface area contributed by atoms with Gasteiger partial charge in [-0.1, -0.05) is 18.2 Å². The van der Waals surface area contributed by atoms with Gasteiger partial charge in [-0.05, 0) is 12.1 Å². The molecule has 0 heterocycles. The molecule has 0 aliphatic rings. The molecule has 1 rings (SSSR count). The van der Waals surface area contributed by atoms with Crippen molar-refractivity contribution in [3.05, 3.63) is 35.9 Å². The highest BCUT2D eigenvalue weighted by Crippen LogP contribution is 2.17.